The van der Waals surface area contributed by atoms with Gasteiger partial charge in [-0.15, -0.1) is 0 Å². The Labute approximate surface area is 159 Å². The minimum absolute atomic E-state index is 0.0294. The van der Waals surface area contributed by atoms with Crippen LogP contribution < -0.4 is 0 Å². The Morgan fingerprint density at radius 2 is 1.78 bits per heavy atom. The number of nitrogens with zero attached hydrogens (tertiary/aromatic N) is 2. The highest BCUT2D eigenvalue weighted by Crippen LogP contribution is 2.30. The lowest BCUT2D eigenvalue weighted by atomic mass is 9.87. The third kappa shape index (κ3) is 4.71. The van der Waals surface area contributed by atoms with Crippen LogP contribution in [0.2, 0.25) is 0 Å². The van der Waals surface area contributed by atoms with Gasteiger partial charge in [-0.2, -0.15) is 0 Å². The zero-order valence-corrected chi connectivity index (χ0v) is 15.9. The van der Waals surface area contributed by atoms with Gasteiger partial charge in [0.05, 0.1) is 12.6 Å². The molecule has 1 aromatic carbocycles. The Hall–Kier alpha value is -2.28. The predicted molar refractivity (Wildman–Crippen MR) is 100.0 cm³/mol. The van der Waals surface area contributed by atoms with Crippen molar-refractivity contribution in [3.05, 3.63) is 34.9 Å². The number of hydrogen-bond acceptors (Lipinski definition) is 4. The number of aryl methyl sites for hydroxylation is 2. The number of benzene rings is 1. The highest BCUT2D eigenvalue weighted by molar-refractivity contribution is 5.75. The number of ether oxygens (including phenoxy) is 1. The Kier molecular flexibility index (Phi) is 5.89. The van der Waals surface area contributed by atoms with Crippen molar-refractivity contribution >= 4 is 12.2 Å². The Bertz CT molecular complexity index is 700. The Morgan fingerprint density at radius 3 is 2.41 bits per heavy atom. The summed E-state index contributed by atoms with van der Waals surface area (Å²) in [6.07, 6.45) is -0.472. The van der Waals surface area contributed by atoms with Crippen molar-refractivity contribution in [2.75, 3.05) is 26.2 Å². The quantitative estimate of drug-likeness (QED) is 0.775. The molecule has 0 bridgehead atoms. The van der Waals surface area contributed by atoms with Gasteiger partial charge in [-0.1, -0.05) is 18.2 Å². The lowest BCUT2D eigenvalue weighted by Gasteiger charge is -2.41. The largest absolute Gasteiger partial charge is 0.506 e. The molecule has 1 aromatic rings. The van der Waals surface area contributed by atoms with Gasteiger partial charge in [0.2, 0.25) is 0 Å². The molecule has 148 valence electrons. The lowest BCUT2D eigenvalue weighted by molar-refractivity contribution is 0.00879. The predicted octanol–water partition coefficient (Wildman–Crippen LogP) is 2.73. The molecular formula is C20H28N2O5. The highest BCUT2D eigenvalue weighted by Gasteiger charge is 2.35. The molecule has 0 saturated carbocycles. The number of urea groups is 1. The van der Waals surface area contributed by atoms with E-state index in [1.54, 1.807) is 9.80 Å². The van der Waals surface area contributed by atoms with E-state index in [2.05, 4.69) is 32.0 Å². The van der Waals surface area contributed by atoms with Crippen LogP contribution >= 0.6 is 0 Å². The summed E-state index contributed by atoms with van der Waals surface area (Å²) < 4.78 is 5.05. The van der Waals surface area contributed by atoms with Gasteiger partial charge in [0, 0.05) is 25.6 Å². The normalized spacial score (nSPS) is 24.0. The van der Waals surface area contributed by atoms with E-state index in [4.69, 9.17) is 9.84 Å². The summed E-state index contributed by atoms with van der Waals surface area (Å²) in [4.78, 5) is 27.5. The molecule has 2 aliphatic rings. The molecule has 2 aliphatic heterocycles. The van der Waals surface area contributed by atoms with Gasteiger partial charge in [-0.25, -0.2) is 9.59 Å². The molecule has 2 saturated heterocycles. The summed E-state index contributed by atoms with van der Waals surface area (Å²) in [5, 5.41) is 18.7. The smallest absolute Gasteiger partial charge is 0.450 e. The fourth-order valence-corrected chi connectivity index (χ4v) is 3.95. The number of carboxylic acid groups (broad SMARTS) is 1. The van der Waals surface area contributed by atoms with Gasteiger partial charge in [0.15, 0.2) is 0 Å². The molecular weight excluding hydrogens is 348 g/mol. The van der Waals surface area contributed by atoms with Gasteiger partial charge < -0.3 is 24.7 Å². The SMILES string of the molecule is Cc1ccc(C2CC(OC(=O)O)CN(C(=O)N3CCC(O)CC3)C2)cc1C. The number of amides is 2. The second kappa shape index (κ2) is 8.17. The molecule has 0 spiro atoms. The monoisotopic (exact) mass is 376 g/mol. The first-order valence-electron chi connectivity index (χ1n) is 9.52. The van der Waals surface area contributed by atoms with Crippen LogP contribution in [-0.2, 0) is 4.74 Å². The number of aliphatic hydroxyl groups excluding tert-OH is 1. The zero-order chi connectivity index (χ0) is 19.6. The van der Waals surface area contributed by atoms with Crippen molar-refractivity contribution < 1.29 is 24.5 Å². The molecule has 7 heteroatoms. The van der Waals surface area contributed by atoms with Crippen molar-refractivity contribution in [1.29, 1.82) is 0 Å². The third-order valence-electron chi connectivity index (χ3n) is 5.69. The van der Waals surface area contributed by atoms with Gasteiger partial charge in [0.1, 0.15) is 6.10 Å². The lowest BCUT2D eigenvalue weighted by Crippen LogP contribution is -2.53. The van der Waals surface area contributed by atoms with Crippen LogP contribution in [0.5, 0.6) is 0 Å². The molecule has 2 atom stereocenters. The van der Waals surface area contributed by atoms with Gasteiger partial charge in [-0.3, -0.25) is 0 Å². The molecule has 27 heavy (non-hydrogen) atoms. The second-order valence-electron chi connectivity index (χ2n) is 7.69. The molecule has 2 unspecified atom stereocenters. The molecule has 2 N–H and O–H groups in total. The summed E-state index contributed by atoms with van der Waals surface area (Å²) in [6.45, 7) is 5.96. The summed E-state index contributed by atoms with van der Waals surface area (Å²) in [7, 11) is 0. The summed E-state index contributed by atoms with van der Waals surface area (Å²) >= 11 is 0. The maximum absolute atomic E-state index is 13.0. The topological polar surface area (TPSA) is 90.3 Å². The number of hydrogen-bond donors (Lipinski definition) is 2. The highest BCUT2D eigenvalue weighted by atomic mass is 16.7. The fraction of sp³-hybridized carbons (Fsp3) is 0.600. The summed E-state index contributed by atoms with van der Waals surface area (Å²) in [5.41, 5.74) is 3.48. The molecule has 0 aliphatic carbocycles. The number of carbonyl (C=O) groups is 2. The third-order valence-corrected chi connectivity index (χ3v) is 5.69. The second-order valence-corrected chi connectivity index (χ2v) is 7.69. The first-order chi connectivity index (χ1) is 12.8. The first-order valence-corrected chi connectivity index (χ1v) is 9.52. The summed E-state index contributed by atoms with van der Waals surface area (Å²) in [6, 6.07) is 6.12. The molecule has 2 heterocycles. The van der Waals surface area contributed by atoms with E-state index >= 15 is 0 Å². The number of aliphatic hydroxyl groups is 1. The van der Waals surface area contributed by atoms with Gasteiger partial charge in [0.25, 0.3) is 0 Å². The standard InChI is InChI=1S/C20H28N2O5/c1-13-3-4-15(9-14(13)2)16-10-18(27-20(25)26)12-22(11-16)19(24)21-7-5-17(23)6-8-21/h3-4,9,16-18,23H,5-8,10-12H2,1-2H3,(H,25,26). The van der Waals surface area contributed by atoms with Crippen molar-refractivity contribution in [3.8, 4) is 0 Å². The van der Waals surface area contributed by atoms with Crippen LogP contribution in [0.25, 0.3) is 0 Å². The maximum Gasteiger partial charge on any atom is 0.506 e. The summed E-state index contributed by atoms with van der Waals surface area (Å²) in [5.74, 6) is 0.0294. The molecule has 3 rings (SSSR count). The van der Waals surface area contributed by atoms with Crippen molar-refractivity contribution in [1.82, 2.24) is 9.80 Å². The first kappa shape index (κ1) is 19.5. The van der Waals surface area contributed by atoms with Crippen molar-refractivity contribution in [3.63, 3.8) is 0 Å². The van der Waals surface area contributed by atoms with E-state index < -0.39 is 12.3 Å². The van der Waals surface area contributed by atoms with Crippen molar-refractivity contribution in [2.45, 2.75) is 51.2 Å². The molecule has 0 aromatic heterocycles. The van der Waals surface area contributed by atoms with E-state index in [0.717, 1.165) is 5.56 Å². The number of carbonyl (C=O) groups excluding carboxylic acids is 1. The molecule has 2 fully saturated rings. The van der Waals surface area contributed by atoms with Crippen LogP contribution in [0.4, 0.5) is 9.59 Å². The van der Waals surface area contributed by atoms with Crippen LogP contribution in [0.1, 0.15) is 41.9 Å². The van der Waals surface area contributed by atoms with Crippen LogP contribution in [-0.4, -0.2) is 70.6 Å². The molecule has 7 nitrogen and oxygen atoms in total. The average molecular weight is 376 g/mol. The van der Waals surface area contributed by atoms with E-state index in [0.29, 0.717) is 38.9 Å². The van der Waals surface area contributed by atoms with E-state index in [9.17, 15) is 14.7 Å². The Balaban J connectivity index is 1.77. The van der Waals surface area contributed by atoms with Crippen LogP contribution in [0.15, 0.2) is 18.2 Å². The van der Waals surface area contributed by atoms with Gasteiger partial charge >= 0.3 is 12.2 Å². The van der Waals surface area contributed by atoms with Crippen LogP contribution in [0, 0.1) is 13.8 Å². The molecule has 0 radical (unpaired) electrons. The van der Waals surface area contributed by atoms with E-state index in [-0.39, 0.29) is 24.6 Å². The zero-order valence-electron chi connectivity index (χ0n) is 15.9. The average Bonchev–Trinajstić information content (AvgIpc) is 2.63. The maximum atomic E-state index is 13.0. The fourth-order valence-electron chi connectivity index (χ4n) is 3.95. The number of likely N-dealkylation sites (tertiary alicyclic amines) is 2. The van der Waals surface area contributed by atoms with Gasteiger partial charge in [-0.05, 0) is 49.8 Å². The number of piperidine rings is 2. The number of rotatable bonds is 2. The van der Waals surface area contributed by atoms with E-state index in [1.165, 1.54) is 11.1 Å². The van der Waals surface area contributed by atoms with E-state index in [1.807, 2.05) is 0 Å². The Morgan fingerprint density at radius 1 is 1.07 bits per heavy atom. The molecule has 2 amide bonds. The minimum atomic E-state index is -1.31. The minimum Gasteiger partial charge on any atom is -0.450 e. The van der Waals surface area contributed by atoms with Crippen LogP contribution in [0.3, 0.4) is 0 Å². The van der Waals surface area contributed by atoms with Crippen molar-refractivity contribution in [2.24, 2.45) is 0 Å².